The molecule has 12 heavy (non-hydrogen) atoms. The van der Waals surface area contributed by atoms with Crippen molar-refractivity contribution in [2.75, 3.05) is 6.54 Å². The van der Waals surface area contributed by atoms with Gasteiger partial charge in [-0.05, 0) is 0 Å². The quantitative estimate of drug-likeness (QED) is 0.567. The number of rotatable bonds is 2. The highest BCUT2D eigenvalue weighted by atomic mass is 15.1. The van der Waals surface area contributed by atoms with E-state index in [0.29, 0.717) is 6.54 Å². The number of hydrogen-bond acceptors (Lipinski definition) is 3. The molecule has 1 unspecified atom stereocenters. The smallest absolute Gasteiger partial charge is 0.211 e. The predicted octanol–water partition coefficient (Wildman–Crippen LogP) is -0.379. The summed E-state index contributed by atoms with van der Waals surface area (Å²) in [6.45, 7) is 0.434. The Bertz CT molecular complexity index is 345. The van der Waals surface area contributed by atoms with E-state index < -0.39 is 0 Å². The highest BCUT2D eigenvalue weighted by Crippen LogP contribution is 2.08. The molecule has 2 aromatic rings. The van der Waals surface area contributed by atoms with Crippen LogP contribution < -0.4 is 11.5 Å². The summed E-state index contributed by atoms with van der Waals surface area (Å²) in [6.07, 6.45) is 5.49. The summed E-state index contributed by atoms with van der Waals surface area (Å²) in [4.78, 5) is 7.14. The summed E-state index contributed by atoms with van der Waals surface area (Å²) >= 11 is 0. The molecule has 0 aliphatic carbocycles. The van der Waals surface area contributed by atoms with Crippen LogP contribution in [-0.2, 0) is 0 Å². The molecule has 64 valence electrons. The van der Waals surface area contributed by atoms with Gasteiger partial charge in [0.2, 0.25) is 5.78 Å². The van der Waals surface area contributed by atoms with Gasteiger partial charge < -0.3 is 16.5 Å². The molecule has 2 heterocycles. The number of imidazole rings is 2. The largest absolute Gasteiger partial charge is 0.329 e. The highest BCUT2D eigenvalue weighted by Gasteiger charge is 2.06. The average molecular weight is 165 g/mol. The van der Waals surface area contributed by atoms with E-state index in [1.807, 2.05) is 16.8 Å². The van der Waals surface area contributed by atoms with Crippen molar-refractivity contribution in [2.45, 2.75) is 6.04 Å². The lowest BCUT2D eigenvalue weighted by molar-refractivity contribution is 0.716. The van der Waals surface area contributed by atoms with Crippen LogP contribution in [0.4, 0.5) is 0 Å². The van der Waals surface area contributed by atoms with Crippen LogP contribution in [0.2, 0.25) is 0 Å². The number of nitrogens with one attached hydrogen (secondary N) is 1. The molecule has 5 N–H and O–H groups in total. The average Bonchev–Trinajstić information content (AvgIpc) is 2.60. The third kappa shape index (κ3) is 0.992. The molecule has 0 fully saturated rings. The minimum absolute atomic E-state index is 0.133. The Morgan fingerprint density at radius 2 is 2.50 bits per heavy atom. The molecule has 0 aromatic carbocycles. The van der Waals surface area contributed by atoms with Crippen molar-refractivity contribution in [1.29, 1.82) is 0 Å². The maximum atomic E-state index is 5.72. The minimum atomic E-state index is -0.133. The number of nitrogens with two attached hydrogens (primary N) is 2. The van der Waals surface area contributed by atoms with Crippen molar-refractivity contribution < 1.29 is 0 Å². The Hall–Kier alpha value is -1.33. The van der Waals surface area contributed by atoms with Gasteiger partial charge in [0.1, 0.15) is 0 Å². The Labute approximate surface area is 69.4 Å². The maximum absolute atomic E-state index is 5.72. The molecule has 1 atom stereocenters. The van der Waals surface area contributed by atoms with Crippen LogP contribution in [0, 0.1) is 0 Å². The molecule has 5 heteroatoms. The number of H-pyrrole nitrogens is 1. The molecule has 0 radical (unpaired) electrons. The molecule has 2 rings (SSSR count). The third-order valence-electron chi connectivity index (χ3n) is 1.86. The van der Waals surface area contributed by atoms with Gasteiger partial charge in [-0.3, -0.25) is 4.40 Å². The van der Waals surface area contributed by atoms with E-state index in [1.54, 1.807) is 6.20 Å². The second-order valence-corrected chi connectivity index (χ2v) is 2.71. The molecule has 0 aliphatic heterocycles. The Morgan fingerprint density at radius 1 is 1.67 bits per heavy atom. The topological polar surface area (TPSA) is 85.1 Å². The summed E-state index contributed by atoms with van der Waals surface area (Å²) < 4.78 is 1.88. The first-order chi connectivity index (χ1) is 5.81. The zero-order valence-electron chi connectivity index (χ0n) is 6.57. The van der Waals surface area contributed by atoms with Gasteiger partial charge in [-0.2, -0.15) is 0 Å². The van der Waals surface area contributed by atoms with Crippen LogP contribution in [0.5, 0.6) is 0 Å². The second kappa shape index (κ2) is 2.62. The number of hydrogen-bond donors (Lipinski definition) is 3. The number of aromatic amines is 1. The first-order valence-electron chi connectivity index (χ1n) is 3.78. The van der Waals surface area contributed by atoms with Crippen molar-refractivity contribution in [3.05, 3.63) is 24.3 Å². The normalized spacial score (nSPS) is 13.8. The van der Waals surface area contributed by atoms with Crippen LogP contribution in [0.25, 0.3) is 5.78 Å². The molecule has 0 amide bonds. The summed E-state index contributed by atoms with van der Waals surface area (Å²) in [5, 5.41) is 0. The standard InChI is InChI=1S/C7H11N5/c8-3-5(9)6-4-12-2-1-10-7(12)11-6/h1-2,4-5H,3,8-9H2,(H,10,11). The van der Waals surface area contributed by atoms with Gasteiger partial charge in [0.05, 0.1) is 11.7 Å². The van der Waals surface area contributed by atoms with Crippen molar-refractivity contribution in [1.82, 2.24) is 14.4 Å². The van der Waals surface area contributed by atoms with Crippen molar-refractivity contribution >= 4 is 5.78 Å². The van der Waals surface area contributed by atoms with Gasteiger partial charge >= 0.3 is 0 Å². The number of aromatic nitrogens is 3. The summed E-state index contributed by atoms with van der Waals surface area (Å²) in [7, 11) is 0. The Kier molecular flexibility index (Phi) is 1.60. The van der Waals surface area contributed by atoms with Crippen molar-refractivity contribution in [2.24, 2.45) is 11.5 Å². The Balaban J connectivity index is 2.44. The maximum Gasteiger partial charge on any atom is 0.211 e. The van der Waals surface area contributed by atoms with Crippen LogP contribution in [0.15, 0.2) is 18.6 Å². The third-order valence-corrected chi connectivity index (χ3v) is 1.86. The molecule has 0 saturated carbocycles. The van der Waals surface area contributed by atoms with E-state index in [2.05, 4.69) is 9.97 Å². The van der Waals surface area contributed by atoms with E-state index in [4.69, 9.17) is 11.5 Å². The van der Waals surface area contributed by atoms with Gasteiger partial charge in [-0.15, -0.1) is 0 Å². The lowest BCUT2D eigenvalue weighted by atomic mass is 10.2. The van der Waals surface area contributed by atoms with Crippen LogP contribution in [-0.4, -0.2) is 20.9 Å². The fourth-order valence-corrected chi connectivity index (χ4v) is 1.14. The SMILES string of the molecule is NCC(N)c1cn2ccnc2[nH]1. The van der Waals surface area contributed by atoms with E-state index in [9.17, 15) is 0 Å². The first kappa shape index (κ1) is 7.33. The van der Waals surface area contributed by atoms with E-state index >= 15 is 0 Å². The molecule has 0 spiro atoms. The van der Waals surface area contributed by atoms with Crippen molar-refractivity contribution in [3.8, 4) is 0 Å². The van der Waals surface area contributed by atoms with Crippen LogP contribution >= 0.6 is 0 Å². The van der Waals surface area contributed by atoms with E-state index in [-0.39, 0.29) is 6.04 Å². The first-order valence-corrected chi connectivity index (χ1v) is 3.78. The molecule has 5 nitrogen and oxygen atoms in total. The van der Waals surface area contributed by atoms with Gasteiger partial charge in [-0.25, -0.2) is 4.98 Å². The molecule has 0 saturated heterocycles. The lowest BCUT2D eigenvalue weighted by Gasteiger charge is -2.03. The minimum Gasteiger partial charge on any atom is -0.329 e. The van der Waals surface area contributed by atoms with Gasteiger partial charge in [-0.1, -0.05) is 0 Å². The zero-order chi connectivity index (χ0) is 8.55. The fourth-order valence-electron chi connectivity index (χ4n) is 1.14. The van der Waals surface area contributed by atoms with Crippen LogP contribution in [0.1, 0.15) is 11.7 Å². The summed E-state index contributed by atoms with van der Waals surface area (Å²) in [5.74, 6) is 0.800. The zero-order valence-corrected chi connectivity index (χ0v) is 6.57. The van der Waals surface area contributed by atoms with Gasteiger partial charge in [0.25, 0.3) is 0 Å². The van der Waals surface area contributed by atoms with Crippen molar-refractivity contribution in [3.63, 3.8) is 0 Å². The number of nitrogens with zero attached hydrogens (tertiary/aromatic N) is 2. The monoisotopic (exact) mass is 165 g/mol. The number of fused-ring (bicyclic) bond motifs is 1. The second-order valence-electron chi connectivity index (χ2n) is 2.71. The molecular weight excluding hydrogens is 154 g/mol. The highest BCUT2D eigenvalue weighted by molar-refractivity contribution is 5.31. The molecule has 2 aromatic heterocycles. The molecule has 0 aliphatic rings. The van der Waals surface area contributed by atoms with Gasteiger partial charge in [0, 0.05) is 25.1 Å². The van der Waals surface area contributed by atoms with E-state index in [1.165, 1.54) is 0 Å². The van der Waals surface area contributed by atoms with Gasteiger partial charge in [0.15, 0.2) is 0 Å². The summed E-state index contributed by atoms with van der Waals surface area (Å²) in [5.41, 5.74) is 12.1. The van der Waals surface area contributed by atoms with E-state index in [0.717, 1.165) is 11.5 Å². The fraction of sp³-hybridized carbons (Fsp3) is 0.286. The predicted molar refractivity (Wildman–Crippen MR) is 45.5 cm³/mol. The Morgan fingerprint density at radius 3 is 3.17 bits per heavy atom. The molecule has 0 bridgehead atoms. The van der Waals surface area contributed by atoms with Crippen LogP contribution in [0.3, 0.4) is 0 Å². The lowest BCUT2D eigenvalue weighted by Crippen LogP contribution is -2.20. The molecular formula is C7H11N5. The summed E-state index contributed by atoms with van der Waals surface area (Å²) in [6, 6.07) is -0.133.